The molecule has 33 heavy (non-hydrogen) atoms. The van der Waals surface area contributed by atoms with E-state index in [2.05, 4.69) is 10.2 Å². The van der Waals surface area contributed by atoms with Crippen molar-refractivity contribution in [3.8, 4) is 34.6 Å². The summed E-state index contributed by atoms with van der Waals surface area (Å²) in [6, 6.07) is 17.9. The van der Waals surface area contributed by atoms with Crippen molar-refractivity contribution in [1.29, 1.82) is 0 Å². The highest BCUT2D eigenvalue weighted by molar-refractivity contribution is 6.30. The van der Waals surface area contributed by atoms with Gasteiger partial charge in [0.05, 0.1) is 11.3 Å². The lowest BCUT2D eigenvalue weighted by atomic mass is 10.0. The molecule has 0 saturated carbocycles. The molecule has 0 aliphatic carbocycles. The topological polar surface area (TPSA) is 96.3 Å². The monoisotopic (exact) mass is 460 g/mol. The molecule has 7 nitrogen and oxygen atoms in total. The third kappa shape index (κ3) is 3.87. The fourth-order valence-corrected chi connectivity index (χ4v) is 4.28. The molecule has 0 aliphatic heterocycles. The predicted octanol–water partition coefficient (Wildman–Crippen LogP) is 4.98. The lowest BCUT2D eigenvalue weighted by molar-refractivity contribution is 0.420. The van der Waals surface area contributed by atoms with Gasteiger partial charge < -0.3 is 19.9 Å². The maximum absolute atomic E-state index is 10.6. The molecule has 0 spiro atoms. The summed E-state index contributed by atoms with van der Waals surface area (Å²) in [5.41, 5.74) is 3.72. The van der Waals surface area contributed by atoms with Crippen LogP contribution in [0.5, 0.6) is 17.5 Å². The first-order valence-corrected chi connectivity index (χ1v) is 10.8. The summed E-state index contributed by atoms with van der Waals surface area (Å²) in [4.78, 5) is 0. The van der Waals surface area contributed by atoms with Crippen molar-refractivity contribution in [2.75, 3.05) is 0 Å². The van der Waals surface area contributed by atoms with Crippen LogP contribution >= 0.6 is 11.6 Å². The number of nitrogens with zero attached hydrogens (tertiary/aromatic N) is 4. The van der Waals surface area contributed by atoms with Crippen LogP contribution in [0.4, 0.5) is 0 Å². The number of fused-ring (bicyclic) bond motifs is 1. The molecule has 2 heterocycles. The van der Waals surface area contributed by atoms with Crippen LogP contribution in [0.15, 0.2) is 66.9 Å². The van der Waals surface area contributed by atoms with Crippen LogP contribution in [-0.4, -0.2) is 34.7 Å². The molecular formula is C25H21ClN4O3. The van der Waals surface area contributed by atoms with E-state index in [1.165, 1.54) is 10.6 Å². The molecule has 0 bridgehead atoms. The first kappa shape index (κ1) is 20.9. The van der Waals surface area contributed by atoms with E-state index in [-0.39, 0.29) is 23.3 Å². The molecule has 0 atom stereocenters. The second-order valence-electron chi connectivity index (χ2n) is 7.96. The van der Waals surface area contributed by atoms with Crippen LogP contribution in [0.2, 0.25) is 5.02 Å². The zero-order chi connectivity index (χ0) is 23.1. The third-order valence-corrected chi connectivity index (χ3v) is 6.02. The van der Waals surface area contributed by atoms with Crippen LogP contribution in [0, 0.1) is 0 Å². The average molecular weight is 461 g/mol. The van der Waals surface area contributed by atoms with Gasteiger partial charge in [-0.05, 0) is 66.4 Å². The van der Waals surface area contributed by atoms with Crippen molar-refractivity contribution in [3.05, 3.63) is 83.0 Å². The molecule has 3 aromatic carbocycles. The van der Waals surface area contributed by atoms with E-state index in [1.807, 2.05) is 66.3 Å². The van der Waals surface area contributed by atoms with E-state index in [4.69, 9.17) is 11.6 Å². The molecule has 0 amide bonds. The molecule has 3 N–H and O–H groups in total. The third-order valence-electron chi connectivity index (χ3n) is 5.78. The Morgan fingerprint density at radius 2 is 1.73 bits per heavy atom. The van der Waals surface area contributed by atoms with E-state index in [0.29, 0.717) is 34.7 Å². The van der Waals surface area contributed by atoms with Crippen molar-refractivity contribution in [3.63, 3.8) is 0 Å². The molecule has 0 saturated heterocycles. The Morgan fingerprint density at radius 1 is 0.879 bits per heavy atom. The van der Waals surface area contributed by atoms with Crippen molar-refractivity contribution in [1.82, 2.24) is 19.3 Å². The molecule has 0 aliphatic rings. The van der Waals surface area contributed by atoms with Gasteiger partial charge in [-0.3, -0.25) is 0 Å². The number of aromatic nitrogens is 4. The van der Waals surface area contributed by atoms with Gasteiger partial charge in [-0.2, -0.15) is 0 Å². The Bertz CT molecular complexity index is 1490. The molecule has 0 radical (unpaired) electrons. The molecule has 2 aromatic heterocycles. The van der Waals surface area contributed by atoms with Gasteiger partial charge in [0.15, 0.2) is 5.82 Å². The van der Waals surface area contributed by atoms with Gasteiger partial charge in [0.25, 0.3) is 0 Å². The summed E-state index contributed by atoms with van der Waals surface area (Å²) in [6.45, 7) is 0. The quantitative estimate of drug-likeness (QED) is 0.343. The van der Waals surface area contributed by atoms with Crippen molar-refractivity contribution >= 4 is 22.5 Å². The van der Waals surface area contributed by atoms with Crippen LogP contribution in [0.25, 0.3) is 28.0 Å². The molecule has 0 fully saturated rings. The summed E-state index contributed by atoms with van der Waals surface area (Å²) in [6.07, 6.45) is 3.13. The minimum absolute atomic E-state index is 0.0146. The molecule has 8 heteroatoms. The smallest absolute Gasteiger partial charge is 0.319 e. The highest BCUT2D eigenvalue weighted by atomic mass is 35.5. The number of aromatic hydroxyl groups is 3. The Kier molecular flexibility index (Phi) is 5.18. The van der Waals surface area contributed by atoms with E-state index >= 15 is 0 Å². The van der Waals surface area contributed by atoms with Crippen molar-refractivity contribution < 1.29 is 15.3 Å². The fraction of sp³-hybridized carbons (Fsp3) is 0.120. The second kappa shape index (κ2) is 8.18. The average Bonchev–Trinajstić information content (AvgIpc) is 3.35. The SMILES string of the molecule is Cn1ccc2cc(-n3c(O)nnc3-c3cc(CCc4cccc(Cl)c4)c(O)cc3O)ccc21. The number of aryl methyl sites for hydroxylation is 3. The van der Waals surface area contributed by atoms with Gasteiger partial charge in [-0.15, -0.1) is 5.10 Å². The van der Waals surface area contributed by atoms with Crippen LogP contribution < -0.4 is 0 Å². The van der Waals surface area contributed by atoms with Gasteiger partial charge >= 0.3 is 6.01 Å². The summed E-state index contributed by atoms with van der Waals surface area (Å²) in [7, 11) is 1.96. The maximum Gasteiger partial charge on any atom is 0.319 e. The highest BCUT2D eigenvalue weighted by Gasteiger charge is 2.20. The Morgan fingerprint density at radius 3 is 2.55 bits per heavy atom. The van der Waals surface area contributed by atoms with E-state index in [0.717, 1.165) is 16.5 Å². The largest absolute Gasteiger partial charge is 0.508 e. The molecule has 5 rings (SSSR count). The van der Waals surface area contributed by atoms with Crippen LogP contribution in [0.1, 0.15) is 11.1 Å². The highest BCUT2D eigenvalue weighted by Crippen LogP contribution is 2.37. The van der Waals surface area contributed by atoms with Crippen molar-refractivity contribution in [2.45, 2.75) is 12.8 Å². The van der Waals surface area contributed by atoms with Gasteiger partial charge in [0.1, 0.15) is 11.5 Å². The lowest BCUT2D eigenvalue weighted by Crippen LogP contribution is -1.99. The zero-order valence-electron chi connectivity index (χ0n) is 17.8. The number of hydrogen-bond acceptors (Lipinski definition) is 5. The molecule has 5 aromatic rings. The second-order valence-corrected chi connectivity index (χ2v) is 8.39. The first-order chi connectivity index (χ1) is 15.9. The molecule has 0 unspecified atom stereocenters. The summed E-state index contributed by atoms with van der Waals surface area (Å²) in [5, 5.41) is 41.1. The molecular weight excluding hydrogens is 440 g/mol. The predicted molar refractivity (Wildman–Crippen MR) is 127 cm³/mol. The number of phenols is 2. The summed E-state index contributed by atoms with van der Waals surface area (Å²) in [5.74, 6) is 0.0944. The lowest BCUT2D eigenvalue weighted by Gasteiger charge is -2.12. The minimum Gasteiger partial charge on any atom is -0.508 e. The van der Waals surface area contributed by atoms with Crippen molar-refractivity contribution in [2.24, 2.45) is 7.05 Å². The van der Waals surface area contributed by atoms with Gasteiger partial charge in [-0.25, -0.2) is 4.57 Å². The van der Waals surface area contributed by atoms with E-state index in [9.17, 15) is 15.3 Å². The first-order valence-electron chi connectivity index (χ1n) is 10.4. The zero-order valence-corrected chi connectivity index (χ0v) is 18.5. The van der Waals surface area contributed by atoms with Crippen LogP contribution in [0.3, 0.4) is 0 Å². The van der Waals surface area contributed by atoms with E-state index in [1.54, 1.807) is 6.07 Å². The number of benzene rings is 3. The van der Waals surface area contributed by atoms with Gasteiger partial charge in [0.2, 0.25) is 0 Å². The van der Waals surface area contributed by atoms with E-state index < -0.39 is 0 Å². The Hall–Kier alpha value is -3.97. The molecule has 166 valence electrons. The van der Waals surface area contributed by atoms with Gasteiger partial charge in [0, 0.05) is 35.2 Å². The normalized spacial score (nSPS) is 11.3. The number of halogens is 1. The standard InChI is InChI=1S/C25H21ClN4O3/c1-29-10-9-16-12-19(7-8-21(16)29)30-24(27-28-25(30)33)20-13-17(22(31)14-23(20)32)6-5-15-3-2-4-18(26)11-15/h2-4,7-14,31-32H,5-6H2,1H3,(H,28,33). The number of rotatable bonds is 5. The summed E-state index contributed by atoms with van der Waals surface area (Å²) < 4.78 is 3.48. The maximum atomic E-state index is 10.6. The van der Waals surface area contributed by atoms with Crippen LogP contribution in [-0.2, 0) is 19.9 Å². The Labute approximate surface area is 194 Å². The minimum atomic E-state index is -0.298. The number of phenolic OH excluding ortho intramolecular Hbond substituents is 2. The fourth-order valence-electron chi connectivity index (χ4n) is 4.07. The Balaban J connectivity index is 1.55. The number of hydrogen-bond donors (Lipinski definition) is 3. The summed E-state index contributed by atoms with van der Waals surface area (Å²) >= 11 is 6.07. The van der Waals surface area contributed by atoms with Gasteiger partial charge in [-0.1, -0.05) is 28.8 Å².